The fraction of sp³-hybridized carbons (Fsp3) is 0.0909. The maximum Gasteiger partial charge on any atom is 0.493 e. The van der Waals surface area contributed by atoms with Gasteiger partial charge >= 0.3 is 12.1 Å². The van der Waals surface area contributed by atoms with Crippen LogP contribution in [0.4, 0.5) is 30.4 Å². The number of aromatic nitrogens is 2. The number of anilines is 3. The van der Waals surface area contributed by atoms with E-state index >= 15 is 0 Å². The summed E-state index contributed by atoms with van der Waals surface area (Å²) in [4.78, 5) is 38.4. The Hall–Kier alpha value is -5.75. The largest absolute Gasteiger partial charge is 0.493 e. The number of amides is 1. The van der Waals surface area contributed by atoms with E-state index in [0.717, 1.165) is 27.5 Å². The van der Waals surface area contributed by atoms with E-state index < -0.39 is 18.1 Å². The summed E-state index contributed by atoms with van der Waals surface area (Å²) in [6.45, 7) is 0.381. The van der Waals surface area contributed by atoms with Gasteiger partial charge in [0.25, 0.3) is 5.91 Å². The lowest BCUT2D eigenvalue weighted by molar-refractivity contribution is -0.199. The minimum Gasteiger partial charge on any atom is -0.455 e. The third-order valence-electron chi connectivity index (χ3n) is 6.92. The van der Waals surface area contributed by atoms with Gasteiger partial charge in [-0.15, -0.1) is 5.06 Å². The normalized spacial score (nSPS) is 11.5. The Morgan fingerprint density at radius 2 is 1.64 bits per heavy atom. The first-order valence-electron chi connectivity index (χ1n) is 13.7. The number of nitrogens with two attached hydrogens (primary N) is 1. The lowest BCUT2D eigenvalue weighted by Crippen LogP contribution is -2.38. The highest BCUT2D eigenvalue weighted by molar-refractivity contribution is 6.09. The molecule has 6 aromatic rings. The third kappa shape index (κ3) is 6.17. The zero-order valence-corrected chi connectivity index (χ0v) is 23.4. The zero-order valence-electron chi connectivity index (χ0n) is 23.4. The summed E-state index contributed by atoms with van der Waals surface area (Å²) in [5.41, 5.74) is 9.30. The molecule has 45 heavy (non-hydrogen) atoms. The Bertz CT molecular complexity index is 2030. The van der Waals surface area contributed by atoms with Gasteiger partial charge in [-0.25, -0.2) is 14.8 Å². The predicted molar refractivity (Wildman–Crippen MR) is 163 cm³/mol. The quantitative estimate of drug-likeness (QED) is 0.186. The van der Waals surface area contributed by atoms with E-state index in [9.17, 15) is 22.8 Å². The van der Waals surface area contributed by atoms with Crippen molar-refractivity contribution in [3.05, 3.63) is 115 Å². The number of benzene rings is 4. The Labute approximate surface area is 254 Å². The second-order valence-electron chi connectivity index (χ2n) is 9.96. The number of fused-ring (bicyclic) bond motifs is 3. The number of hydrogen-bond acceptors (Lipinski definition) is 8. The molecule has 0 atom stereocenters. The molecule has 2 heterocycles. The maximum atomic E-state index is 13.3. The molecule has 0 aliphatic rings. The van der Waals surface area contributed by atoms with Crippen molar-refractivity contribution in [3.8, 4) is 11.3 Å². The highest BCUT2D eigenvalue weighted by Crippen LogP contribution is 2.35. The summed E-state index contributed by atoms with van der Waals surface area (Å²) in [5.74, 6) is -3.17. The standard InChI is InChI=1S/C33H24F3N5O4/c34-33(35,36)32(43)45-41(31(42)21-13-11-20(12-14-21)15-16-37)23-6-3-5-22(17-23)40-29-18-27(38-19-39-29)26-9-4-8-25-24-7-1-2-10-28(24)44-30(25)26/h1-14,17-19H,15-16,37H2,(H,38,39,40). The fourth-order valence-electron chi connectivity index (χ4n) is 4.82. The number of furan rings is 1. The average Bonchev–Trinajstić information content (AvgIpc) is 3.42. The van der Waals surface area contributed by atoms with Crippen molar-refractivity contribution in [2.45, 2.75) is 12.6 Å². The highest BCUT2D eigenvalue weighted by Gasteiger charge is 2.44. The number of hydrogen-bond donors (Lipinski definition) is 2. The van der Waals surface area contributed by atoms with Crippen LogP contribution >= 0.6 is 0 Å². The number of alkyl halides is 3. The van der Waals surface area contributed by atoms with E-state index in [1.54, 1.807) is 24.3 Å². The van der Waals surface area contributed by atoms with Crippen LogP contribution in [0.1, 0.15) is 15.9 Å². The first-order chi connectivity index (χ1) is 21.7. The molecule has 0 unspecified atom stereocenters. The monoisotopic (exact) mass is 611 g/mol. The van der Waals surface area contributed by atoms with E-state index in [4.69, 9.17) is 10.2 Å². The molecule has 226 valence electrons. The van der Waals surface area contributed by atoms with Crippen LogP contribution in [-0.4, -0.2) is 34.6 Å². The summed E-state index contributed by atoms with van der Waals surface area (Å²) in [6.07, 6.45) is -3.43. The van der Waals surface area contributed by atoms with E-state index in [1.807, 2.05) is 42.5 Å². The summed E-state index contributed by atoms with van der Waals surface area (Å²) in [7, 11) is 0. The van der Waals surface area contributed by atoms with Crippen LogP contribution in [0.2, 0.25) is 0 Å². The molecule has 0 fully saturated rings. The minimum atomic E-state index is -5.33. The third-order valence-corrected chi connectivity index (χ3v) is 6.92. The molecule has 2 aromatic heterocycles. The number of nitrogens with zero attached hydrogens (tertiary/aromatic N) is 3. The molecule has 9 nitrogen and oxygen atoms in total. The number of carbonyl (C=O) groups is 2. The van der Waals surface area contributed by atoms with Gasteiger partial charge in [-0.2, -0.15) is 13.2 Å². The highest BCUT2D eigenvalue weighted by atomic mass is 19.4. The van der Waals surface area contributed by atoms with Crippen molar-refractivity contribution in [2.24, 2.45) is 5.73 Å². The van der Waals surface area contributed by atoms with Gasteiger partial charge in [0.15, 0.2) is 0 Å². The molecular formula is C33H24F3N5O4. The smallest absolute Gasteiger partial charge is 0.455 e. The molecular weight excluding hydrogens is 587 g/mol. The van der Waals surface area contributed by atoms with Crippen LogP contribution in [-0.2, 0) is 16.1 Å². The fourth-order valence-corrected chi connectivity index (χ4v) is 4.82. The van der Waals surface area contributed by atoms with Crippen LogP contribution < -0.4 is 16.1 Å². The number of carbonyl (C=O) groups excluding carboxylic acids is 2. The van der Waals surface area contributed by atoms with Gasteiger partial charge in [0.05, 0.1) is 11.4 Å². The minimum absolute atomic E-state index is 0.00399. The van der Waals surface area contributed by atoms with Crippen LogP contribution in [0.25, 0.3) is 33.2 Å². The first-order valence-corrected chi connectivity index (χ1v) is 13.7. The van der Waals surface area contributed by atoms with Gasteiger partial charge in [-0.05, 0) is 61.0 Å². The van der Waals surface area contributed by atoms with Crippen molar-refractivity contribution in [2.75, 3.05) is 16.9 Å². The Morgan fingerprint density at radius 1 is 0.889 bits per heavy atom. The molecule has 0 bridgehead atoms. The summed E-state index contributed by atoms with van der Waals surface area (Å²) in [5, 5.41) is 5.28. The van der Waals surface area contributed by atoms with Gasteiger partial charge in [0.1, 0.15) is 23.3 Å². The van der Waals surface area contributed by atoms with Crippen molar-refractivity contribution in [1.82, 2.24) is 9.97 Å². The summed E-state index contributed by atoms with van der Waals surface area (Å²) in [6, 6.07) is 27.0. The van der Waals surface area contributed by atoms with Gasteiger partial charge in [0.2, 0.25) is 0 Å². The average molecular weight is 612 g/mol. The second kappa shape index (κ2) is 12.1. The van der Waals surface area contributed by atoms with Gasteiger partial charge in [-0.1, -0.05) is 48.5 Å². The van der Waals surface area contributed by atoms with Crippen LogP contribution in [0.3, 0.4) is 0 Å². The Kier molecular flexibility index (Phi) is 7.88. The topological polar surface area (TPSA) is 124 Å². The second-order valence-corrected chi connectivity index (χ2v) is 9.96. The number of nitrogens with one attached hydrogen (secondary N) is 1. The summed E-state index contributed by atoms with van der Waals surface area (Å²) >= 11 is 0. The zero-order chi connectivity index (χ0) is 31.6. The van der Waals surface area contributed by atoms with Crippen molar-refractivity contribution in [1.29, 1.82) is 0 Å². The molecule has 0 spiro atoms. The molecule has 0 aliphatic heterocycles. The first kappa shape index (κ1) is 29.3. The van der Waals surface area contributed by atoms with Crippen molar-refractivity contribution >= 4 is 51.0 Å². The van der Waals surface area contributed by atoms with Gasteiger partial charge in [0, 0.05) is 33.7 Å². The lowest BCUT2D eigenvalue weighted by atomic mass is 10.1. The maximum absolute atomic E-state index is 13.3. The van der Waals surface area contributed by atoms with Crippen LogP contribution in [0.15, 0.2) is 108 Å². The van der Waals surface area contributed by atoms with Crippen molar-refractivity contribution < 1.29 is 32.0 Å². The number of para-hydroxylation sites is 2. The van der Waals surface area contributed by atoms with Gasteiger partial charge < -0.3 is 20.3 Å². The molecule has 3 N–H and O–H groups in total. The lowest BCUT2D eigenvalue weighted by Gasteiger charge is -2.22. The number of rotatable bonds is 7. The molecule has 0 saturated heterocycles. The van der Waals surface area contributed by atoms with Crippen LogP contribution in [0.5, 0.6) is 0 Å². The molecule has 6 rings (SSSR count). The SMILES string of the molecule is NCCc1ccc(C(=O)N(OC(=O)C(F)(F)F)c2cccc(Nc3cc(-c4cccc5c4oc4ccccc45)ncn3)c2)cc1. The molecule has 0 aliphatic carbocycles. The summed E-state index contributed by atoms with van der Waals surface area (Å²) < 4.78 is 45.6. The number of halogens is 3. The molecule has 0 radical (unpaired) electrons. The van der Waals surface area contributed by atoms with E-state index in [0.29, 0.717) is 40.8 Å². The van der Waals surface area contributed by atoms with Gasteiger partial charge in [-0.3, -0.25) is 4.79 Å². The molecule has 0 saturated carbocycles. The van der Waals surface area contributed by atoms with Crippen molar-refractivity contribution in [3.63, 3.8) is 0 Å². The van der Waals surface area contributed by atoms with E-state index in [-0.39, 0.29) is 11.3 Å². The van der Waals surface area contributed by atoms with E-state index in [2.05, 4.69) is 20.1 Å². The molecule has 1 amide bonds. The predicted octanol–water partition coefficient (Wildman–Crippen LogP) is 6.96. The van der Waals surface area contributed by atoms with E-state index in [1.165, 1.54) is 36.7 Å². The number of hydroxylamine groups is 1. The Balaban J connectivity index is 1.31. The Morgan fingerprint density at radius 3 is 2.42 bits per heavy atom. The molecule has 12 heteroatoms. The van der Waals surface area contributed by atoms with Crippen LogP contribution in [0, 0.1) is 0 Å². The molecule has 4 aromatic carbocycles.